The van der Waals surface area contributed by atoms with E-state index in [-0.39, 0.29) is 12.6 Å². The maximum atomic E-state index is 12.5. The van der Waals surface area contributed by atoms with Crippen LogP contribution in [0.1, 0.15) is 11.1 Å². The Morgan fingerprint density at radius 3 is 2.58 bits per heavy atom. The van der Waals surface area contributed by atoms with Gasteiger partial charge in [-0.05, 0) is 23.8 Å². The first-order valence-electron chi connectivity index (χ1n) is 8.31. The molecular formula is C21H19NO4. The van der Waals surface area contributed by atoms with Gasteiger partial charge in [0.2, 0.25) is 0 Å². The lowest BCUT2D eigenvalue weighted by atomic mass is 9.96. The zero-order valence-corrected chi connectivity index (χ0v) is 14.9. The summed E-state index contributed by atoms with van der Waals surface area (Å²) in [5.41, 5.74) is 4.34. The van der Waals surface area contributed by atoms with Gasteiger partial charge in [0.25, 0.3) is 0 Å². The Morgan fingerprint density at radius 2 is 1.81 bits per heavy atom. The summed E-state index contributed by atoms with van der Waals surface area (Å²) >= 11 is 0. The van der Waals surface area contributed by atoms with Crippen LogP contribution in [0.5, 0.6) is 11.5 Å². The van der Waals surface area contributed by atoms with Crippen LogP contribution in [0, 0.1) is 0 Å². The fraction of sp³-hybridized carbons (Fsp3) is 0.190. The maximum Gasteiger partial charge on any atom is 0.339 e. The van der Waals surface area contributed by atoms with E-state index in [2.05, 4.69) is 16.7 Å². The standard InChI is InChI=1S/C21H19NO4/c1-22-11-15(14-6-4-5-7-17(14)22)16-12-26-21(23)20(16)13-8-9-18(24-2)19(10-13)25-3/h4-11H,12H2,1-3H3. The molecule has 0 radical (unpaired) electrons. The van der Waals surface area contributed by atoms with Crippen LogP contribution in [0.25, 0.3) is 22.0 Å². The molecule has 0 fully saturated rings. The van der Waals surface area contributed by atoms with Crippen LogP contribution in [0.2, 0.25) is 0 Å². The molecule has 1 aromatic heterocycles. The van der Waals surface area contributed by atoms with Crippen LogP contribution in [-0.4, -0.2) is 31.4 Å². The minimum atomic E-state index is -0.319. The number of hydrogen-bond donors (Lipinski definition) is 0. The highest BCUT2D eigenvalue weighted by Gasteiger charge is 2.29. The topological polar surface area (TPSA) is 49.7 Å². The number of rotatable bonds is 4. The number of carbonyl (C=O) groups excluding carboxylic acids is 1. The van der Waals surface area contributed by atoms with Crippen molar-refractivity contribution in [2.45, 2.75) is 0 Å². The lowest BCUT2D eigenvalue weighted by Crippen LogP contribution is -1.99. The molecule has 0 N–H and O–H groups in total. The Morgan fingerprint density at radius 1 is 1.04 bits per heavy atom. The van der Waals surface area contributed by atoms with Crippen molar-refractivity contribution in [2.75, 3.05) is 20.8 Å². The summed E-state index contributed by atoms with van der Waals surface area (Å²) in [7, 11) is 5.16. The highest BCUT2D eigenvalue weighted by Crippen LogP contribution is 2.39. The summed E-state index contributed by atoms with van der Waals surface area (Å²) in [4.78, 5) is 12.5. The Hall–Kier alpha value is -3.21. The third-order valence-electron chi connectivity index (χ3n) is 4.75. The smallest absolute Gasteiger partial charge is 0.339 e. The van der Waals surface area contributed by atoms with Gasteiger partial charge < -0.3 is 18.8 Å². The lowest BCUT2D eigenvalue weighted by molar-refractivity contribution is -0.133. The Bertz CT molecular complexity index is 1050. The minimum Gasteiger partial charge on any atom is -0.493 e. The van der Waals surface area contributed by atoms with Gasteiger partial charge in [0.15, 0.2) is 11.5 Å². The van der Waals surface area contributed by atoms with E-state index in [0.29, 0.717) is 17.1 Å². The van der Waals surface area contributed by atoms with E-state index in [4.69, 9.17) is 14.2 Å². The average molecular weight is 349 g/mol. The maximum absolute atomic E-state index is 12.5. The molecule has 0 spiro atoms. The fourth-order valence-electron chi connectivity index (χ4n) is 3.48. The Labute approximate surface area is 151 Å². The molecule has 5 heteroatoms. The van der Waals surface area contributed by atoms with Crippen LogP contribution in [0.4, 0.5) is 0 Å². The van der Waals surface area contributed by atoms with E-state index in [0.717, 1.165) is 27.6 Å². The van der Waals surface area contributed by atoms with Crippen molar-refractivity contribution in [3.63, 3.8) is 0 Å². The number of methoxy groups -OCH3 is 2. The first-order valence-corrected chi connectivity index (χ1v) is 8.31. The molecule has 5 nitrogen and oxygen atoms in total. The van der Waals surface area contributed by atoms with Crippen LogP contribution >= 0.6 is 0 Å². The molecule has 3 aromatic rings. The third kappa shape index (κ3) is 2.44. The average Bonchev–Trinajstić information content (AvgIpc) is 3.21. The molecule has 0 unspecified atom stereocenters. The molecular weight excluding hydrogens is 330 g/mol. The van der Waals surface area contributed by atoms with Gasteiger partial charge in [-0.3, -0.25) is 0 Å². The molecule has 2 aromatic carbocycles. The monoisotopic (exact) mass is 349 g/mol. The predicted octanol–water partition coefficient (Wildman–Crippen LogP) is 3.66. The first kappa shape index (κ1) is 16.3. The molecule has 132 valence electrons. The van der Waals surface area contributed by atoms with Gasteiger partial charge in [-0.15, -0.1) is 0 Å². The number of carbonyl (C=O) groups is 1. The summed E-state index contributed by atoms with van der Waals surface area (Å²) in [5, 5.41) is 1.10. The van der Waals surface area contributed by atoms with Gasteiger partial charge in [0.05, 0.1) is 19.8 Å². The SMILES string of the molecule is COc1ccc(C2=C(c3cn(C)c4ccccc34)COC2=O)cc1OC. The van der Waals surface area contributed by atoms with E-state index < -0.39 is 0 Å². The zero-order valence-electron chi connectivity index (χ0n) is 14.9. The number of aromatic nitrogens is 1. The van der Waals surface area contributed by atoms with Gasteiger partial charge in [0.1, 0.15) is 6.61 Å². The number of fused-ring (bicyclic) bond motifs is 1. The van der Waals surface area contributed by atoms with Crippen molar-refractivity contribution in [1.82, 2.24) is 4.57 Å². The Kier molecular flexibility index (Phi) is 3.92. The number of cyclic esters (lactones) is 1. The second-order valence-corrected chi connectivity index (χ2v) is 6.17. The molecule has 1 aliphatic rings. The summed E-state index contributed by atoms with van der Waals surface area (Å²) in [6.45, 7) is 0.260. The van der Waals surface area contributed by atoms with Crippen molar-refractivity contribution < 1.29 is 19.0 Å². The van der Waals surface area contributed by atoms with Gasteiger partial charge >= 0.3 is 5.97 Å². The van der Waals surface area contributed by atoms with Crippen molar-refractivity contribution in [3.8, 4) is 11.5 Å². The normalized spacial score (nSPS) is 14.0. The lowest BCUT2D eigenvalue weighted by Gasteiger charge is -2.10. The van der Waals surface area contributed by atoms with E-state index in [1.807, 2.05) is 37.5 Å². The number of ether oxygens (including phenoxy) is 3. The van der Waals surface area contributed by atoms with E-state index in [9.17, 15) is 4.79 Å². The molecule has 4 rings (SSSR count). The Balaban J connectivity index is 1.94. The van der Waals surface area contributed by atoms with Crippen LogP contribution in [-0.2, 0) is 16.6 Å². The molecule has 0 amide bonds. The van der Waals surface area contributed by atoms with Crippen LogP contribution in [0.15, 0.2) is 48.7 Å². The third-order valence-corrected chi connectivity index (χ3v) is 4.75. The van der Waals surface area contributed by atoms with Gasteiger partial charge in [-0.25, -0.2) is 4.79 Å². The summed E-state index contributed by atoms with van der Waals surface area (Å²) in [6, 6.07) is 13.6. The molecule has 0 atom stereocenters. The highest BCUT2D eigenvalue weighted by atomic mass is 16.5. The number of esters is 1. The summed E-state index contributed by atoms with van der Waals surface area (Å²) < 4.78 is 18.1. The number of nitrogens with zero attached hydrogens (tertiary/aromatic N) is 1. The van der Waals surface area contributed by atoms with Crippen molar-refractivity contribution in [1.29, 1.82) is 0 Å². The first-order chi connectivity index (χ1) is 12.6. The number of hydrogen-bond acceptors (Lipinski definition) is 4. The van der Waals surface area contributed by atoms with E-state index in [1.165, 1.54) is 0 Å². The van der Waals surface area contributed by atoms with E-state index in [1.54, 1.807) is 20.3 Å². The van der Waals surface area contributed by atoms with Crippen molar-refractivity contribution in [3.05, 3.63) is 59.8 Å². The molecule has 2 heterocycles. The number of para-hydroxylation sites is 1. The molecule has 26 heavy (non-hydrogen) atoms. The second kappa shape index (κ2) is 6.26. The largest absolute Gasteiger partial charge is 0.493 e. The molecule has 0 bridgehead atoms. The summed E-state index contributed by atoms with van der Waals surface area (Å²) in [5.74, 6) is 0.879. The molecule has 0 saturated carbocycles. The fourth-order valence-corrected chi connectivity index (χ4v) is 3.48. The van der Waals surface area contributed by atoms with Crippen molar-refractivity contribution in [2.24, 2.45) is 7.05 Å². The number of benzene rings is 2. The van der Waals surface area contributed by atoms with Crippen LogP contribution < -0.4 is 9.47 Å². The number of aryl methyl sites for hydroxylation is 1. The molecule has 1 aliphatic heterocycles. The summed E-state index contributed by atoms with van der Waals surface area (Å²) in [6.07, 6.45) is 2.04. The van der Waals surface area contributed by atoms with Gasteiger partial charge in [0, 0.05) is 35.3 Å². The van der Waals surface area contributed by atoms with E-state index >= 15 is 0 Å². The van der Waals surface area contributed by atoms with Crippen LogP contribution in [0.3, 0.4) is 0 Å². The predicted molar refractivity (Wildman–Crippen MR) is 100 cm³/mol. The second-order valence-electron chi connectivity index (χ2n) is 6.17. The minimum absolute atomic E-state index is 0.260. The molecule has 0 aliphatic carbocycles. The quantitative estimate of drug-likeness (QED) is 0.675. The van der Waals surface area contributed by atoms with Gasteiger partial charge in [-0.2, -0.15) is 0 Å². The highest BCUT2D eigenvalue weighted by molar-refractivity contribution is 6.28. The molecule has 0 saturated heterocycles. The zero-order chi connectivity index (χ0) is 18.3. The van der Waals surface area contributed by atoms with Gasteiger partial charge in [-0.1, -0.05) is 24.3 Å². The van der Waals surface area contributed by atoms with Crippen molar-refractivity contribution >= 4 is 28.0 Å².